The first-order chi connectivity index (χ1) is 15.1. The molecule has 0 aliphatic carbocycles. The van der Waals surface area contributed by atoms with Gasteiger partial charge in [-0.2, -0.15) is 0 Å². The Balaban J connectivity index is 1.58. The molecule has 0 aliphatic rings. The number of esters is 2. The highest BCUT2D eigenvalue weighted by molar-refractivity contribution is 5.96. The second kappa shape index (κ2) is 11.5. The molecule has 0 spiro atoms. The number of hydrogen-bond acceptors (Lipinski definition) is 5. The smallest absolute Gasteiger partial charge is 0.338 e. The van der Waals surface area contributed by atoms with E-state index < -0.39 is 11.9 Å². The molecule has 0 fully saturated rings. The first-order valence-electron chi connectivity index (χ1n) is 10.2. The fourth-order valence-electron chi connectivity index (χ4n) is 3.08. The molecule has 5 nitrogen and oxygen atoms in total. The van der Waals surface area contributed by atoms with Gasteiger partial charge in [-0.1, -0.05) is 66.7 Å². The van der Waals surface area contributed by atoms with Crippen LogP contribution in [0.5, 0.6) is 0 Å². The van der Waals surface area contributed by atoms with Crippen molar-refractivity contribution in [3.8, 4) is 0 Å². The molecule has 0 N–H and O–H groups in total. The molecule has 0 unspecified atom stereocenters. The number of rotatable bonds is 10. The van der Waals surface area contributed by atoms with E-state index in [0.29, 0.717) is 23.1 Å². The van der Waals surface area contributed by atoms with Crippen molar-refractivity contribution >= 4 is 17.7 Å². The minimum atomic E-state index is -0.445. The first-order valence-corrected chi connectivity index (χ1v) is 10.2. The van der Waals surface area contributed by atoms with E-state index >= 15 is 0 Å². The molecular formula is C26H24O5. The highest BCUT2D eigenvalue weighted by Gasteiger charge is 2.19. The molecule has 3 aromatic rings. The Morgan fingerprint density at radius 3 is 1.58 bits per heavy atom. The molecule has 5 heteroatoms. The van der Waals surface area contributed by atoms with Crippen LogP contribution in [0.15, 0.2) is 91.0 Å². The molecule has 31 heavy (non-hydrogen) atoms. The monoisotopic (exact) mass is 416 g/mol. The van der Waals surface area contributed by atoms with E-state index in [2.05, 4.69) is 0 Å². The summed E-state index contributed by atoms with van der Waals surface area (Å²) >= 11 is 0. The summed E-state index contributed by atoms with van der Waals surface area (Å²) in [6, 6.07) is 26.4. The zero-order chi connectivity index (χ0) is 21.9. The zero-order valence-corrected chi connectivity index (χ0v) is 17.1. The van der Waals surface area contributed by atoms with Gasteiger partial charge in [0.25, 0.3) is 0 Å². The van der Waals surface area contributed by atoms with Gasteiger partial charge in [0.2, 0.25) is 0 Å². The molecular weight excluding hydrogens is 392 g/mol. The van der Waals surface area contributed by atoms with Crippen LogP contribution in [0, 0.1) is 5.92 Å². The zero-order valence-electron chi connectivity index (χ0n) is 17.1. The minimum Gasteiger partial charge on any atom is -0.462 e. The van der Waals surface area contributed by atoms with Crippen molar-refractivity contribution < 1.29 is 23.9 Å². The summed E-state index contributed by atoms with van der Waals surface area (Å²) in [4.78, 5) is 37.1. The maximum absolute atomic E-state index is 12.6. The second-order valence-corrected chi connectivity index (χ2v) is 7.11. The Labute approximate surface area is 181 Å². The van der Waals surface area contributed by atoms with Crippen LogP contribution in [0.4, 0.5) is 0 Å². The van der Waals surface area contributed by atoms with Crippen LogP contribution in [0.1, 0.15) is 43.9 Å². The summed E-state index contributed by atoms with van der Waals surface area (Å²) < 4.78 is 10.8. The number of Topliss-reactive ketones (excluding diaryl/α,β-unsaturated/α-hetero) is 1. The molecule has 0 radical (unpaired) electrons. The summed E-state index contributed by atoms with van der Waals surface area (Å²) in [5.41, 5.74) is 1.52. The highest BCUT2D eigenvalue weighted by atomic mass is 16.5. The molecule has 0 saturated carbocycles. The molecule has 0 aromatic heterocycles. The van der Waals surface area contributed by atoms with E-state index in [0.717, 1.165) is 0 Å². The van der Waals surface area contributed by atoms with Crippen molar-refractivity contribution in [1.29, 1.82) is 0 Å². The quantitative estimate of drug-likeness (QED) is 0.344. The van der Waals surface area contributed by atoms with E-state index in [1.165, 1.54) is 0 Å². The van der Waals surface area contributed by atoms with E-state index in [-0.39, 0.29) is 31.3 Å². The third kappa shape index (κ3) is 6.93. The predicted molar refractivity (Wildman–Crippen MR) is 117 cm³/mol. The Morgan fingerprint density at radius 1 is 0.613 bits per heavy atom. The Hall–Kier alpha value is -3.73. The lowest BCUT2D eigenvalue weighted by atomic mass is 9.96. The van der Waals surface area contributed by atoms with Crippen molar-refractivity contribution in [3.05, 3.63) is 108 Å². The SMILES string of the molecule is O=C(C[C@@H](CCOC(=O)c1ccccc1)COC(=O)c1ccccc1)c1ccccc1. The van der Waals surface area contributed by atoms with E-state index in [9.17, 15) is 14.4 Å². The lowest BCUT2D eigenvalue weighted by molar-refractivity contribution is 0.0343. The molecule has 3 aromatic carbocycles. The topological polar surface area (TPSA) is 69.7 Å². The van der Waals surface area contributed by atoms with Crippen LogP contribution >= 0.6 is 0 Å². The lowest BCUT2D eigenvalue weighted by Crippen LogP contribution is -2.20. The van der Waals surface area contributed by atoms with Gasteiger partial charge in [-0.3, -0.25) is 4.79 Å². The van der Waals surface area contributed by atoms with Crippen molar-refractivity contribution in [2.24, 2.45) is 5.92 Å². The van der Waals surface area contributed by atoms with Crippen LogP contribution in [-0.4, -0.2) is 30.9 Å². The van der Waals surface area contributed by atoms with Gasteiger partial charge < -0.3 is 9.47 Å². The standard InChI is InChI=1S/C26H24O5/c27-24(21-10-4-1-5-11-21)18-20(19-31-26(29)23-14-8-3-9-15-23)16-17-30-25(28)22-12-6-2-7-13-22/h1-15,20H,16-19H2/t20-/m1/s1. The van der Waals surface area contributed by atoms with Gasteiger partial charge in [0.15, 0.2) is 5.78 Å². The number of carbonyl (C=O) groups excluding carboxylic acids is 3. The lowest BCUT2D eigenvalue weighted by Gasteiger charge is -2.17. The van der Waals surface area contributed by atoms with Gasteiger partial charge in [0.05, 0.1) is 24.3 Å². The van der Waals surface area contributed by atoms with Crippen LogP contribution < -0.4 is 0 Å². The third-order valence-corrected chi connectivity index (χ3v) is 4.80. The predicted octanol–water partition coefficient (Wildman–Crippen LogP) is 4.98. The van der Waals surface area contributed by atoms with Crippen molar-refractivity contribution in [2.75, 3.05) is 13.2 Å². The first kappa shape index (κ1) is 22.0. The van der Waals surface area contributed by atoms with Crippen molar-refractivity contribution in [3.63, 3.8) is 0 Å². The van der Waals surface area contributed by atoms with Gasteiger partial charge in [0, 0.05) is 17.9 Å². The summed E-state index contributed by atoms with van der Waals surface area (Å²) in [6.45, 7) is 0.193. The largest absolute Gasteiger partial charge is 0.462 e. The highest BCUT2D eigenvalue weighted by Crippen LogP contribution is 2.16. The second-order valence-electron chi connectivity index (χ2n) is 7.11. The van der Waals surface area contributed by atoms with Gasteiger partial charge in [-0.15, -0.1) is 0 Å². The summed E-state index contributed by atoms with van der Waals surface area (Å²) in [5, 5.41) is 0. The molecule has 0 bridgehead atoms. The normalized spacial score (nSPS) is 11.4. The van der Waals surface area contributed by atoms with Gasteiger partial charge >= 0.3 is 11.9 Å². The molecule has 0 heterocycles. The molecule has 158 valence electrons. The van der Waals surface area contributed by atoms with Gasteiger partial charge in [-0.25, -0.2) is 9.59 Å². The Kier molecular flexibility index (Phi) is 8.12. The fraction of sp³-hybridized carbons (Fsp3) is 0.192. The maximum Gasteiger partial charge on any atom is 0.338 e. The maximum atomic E-state index is 12.6. The summed E-state index contributed by atoms with van der Waals surface area (Å²) in [7, 11) is 0. The van der Waals surface area contributed by atoms with Crippen molar-refractivity contribution in [2.45, 2.75) is 12.8 Å². The van der Waals surface area contributed by atoms with E-state index in [1.807, 2.05) is 18.2 Å². The molecule has 1 atom stereocenters. The van der Waals surface area contributed by atoms with Gasteiger partial charge in [0.1, 0.15) is 0 Å². The van der Waals surface area contributed by atoms with Crippen molar-refractivity contribution in [1.82, 2.24) is 0 Å². The summed E-state index contributed by atoms with van der Waals surface area (Å²) in [5.74, 6) is -1.19. The molecule has 0 amide bonds. The minimum absolute atomic E-state index is 0.0456. The fourth-order valence-corrected chi connectivity index (χ4v) is 3.08. The summed E-state index contributed by atoms with van der Waals surface area (Å²) in [6.07, 6.45) is 0.591. The number of hydrogen-bond donors (Lipinski definition) is 0. The van der Waals surface area contributed by atoms with E-state index in [1.54, 1.807) is 72.8 Å². The Morgan fingerprint density at radius 2 is 1.06 bits per heavy atom. The average Bonchev–Trinajstić information content (AvgIpc) is 2.83. The third-order valence-electron chi connectivity index (χ3n) is 4.80. The number of carbonyl (C=O) groups is 3. The van der Waals surface area contributed by atoms with Crippen LogP contribution in [0.25, 0.3) is 0 Å². The molecule has 0 saturated heterocycles. The number of ketones is 1. The molecule has 3 rings (SSSR count). The van der Waals surface area contributed by atoms with Crippen LogP contribution in [-0.2, 0) is 9.47 Å². The number of ether oxygens (including phenoxy) is 2. The molecule has 0 aliphatic heterocycles. The van der Waals surface area contributed by atoms with Crippen LogP contribution in [0.3, 0.4) is 0 Å². The number of benzene rings is 3. The average molecular weight is 416 g/mol. The van der Waals surface area contributed by atoms with Crippen LogP contribution in [0.2, 0.25) is 0 Å². The Bertz CT molecular complexity index is 984. The van der Waals surface area contributed by atoms with E-state index in [4.69, 9.17) is 9.47 Å². The van der Waals surface area contributed by atoms with Gasteiger partial charge in [-0.05, 0) is 30.7 Å².